The van der Waals surface area contributed by atoms with E-state index < -0.39 is 29.5 Å². The molecule has 7 rings (SSSR count). The fourth-order valence-corrected chi connectivity index (χ4v) is 8.23. The summed E-state index contributed by atoms with van der Waals surface area (Å²) in [6, 6.07) is 6.78. The van der Waals surface area contributed by atoms with E-state index in [-0.39, 0.29) is 54.4 Å². The second kappa shape index (κ2) is 14.4. The number of anilines is 2. The number of alkyl halides is 1. The van der Waals surface area contributed by atoms with Gasteiger partial charge < -0.3 is 19.7 Å². The summed E-state index contributed by atoms with van der Waals surface area (Å²) in [6.07, 6.45) is 2.00. The number of fused-ring (bicyclic) bond motifs is 3. The number of ether oxygens (including phenoxy) is 2. The molecule has 2 aromatic heterocycles. The molecular formula is C35H39ClF3N7O3S. The van der Waals surface area contributed by atoms with Crippen LogP contribution in [0, 0.1) is 23.0 Å². The van der Waals surface area contributed by atoms with Crippen LogP contribution in [0.15, 0.2) is 18.2 Å². The van der Waals surface area contributed by atoms with Crippen LogP contribution in [0.4, 0.5) is 28.8 Å². The summed E-state index contributed by atoms with van der Waals surface area (Å²) in [7, 11) is 1.40. The van der Waals surface area contributed by atoms with Gasteiger partial charge in [0, 0.05) is 54.6 Å². The first-order valence-electron chi connectivity index (χ1n) is 16.5. The number of carbonyl (C=O) groups is 1. The van der Waals surface area contributed by atoms with Crippen LogP contribution in [0.25, 0.3) is 32.1 Å². The molecular weight excluding hydrogens is 691 g/mol. The molecule has 0 saturated carbocycles. The number of benzene rings is 2. The van der Waals surface area contributed by atoms with Gasteiger partial charge in [-0.1, -0.05) is 17.7 Å². The van der Waals surface area contributed by atoms with Crippen molar-refractivity contribution < 1.29 is 27.4 Å². The number of aromatic nitrogens is 2. The number of nitriles is 1. The molecule has 50 heavy (non-hydrogen) atoms. The van der Waals surface area contributed by atoms with E-state index >= 15 is 8.78 Å². The highest BCUT2D eigenvalue weighted by Gasteiger charge is 2.35. The van der Waals surface area contributed by atoms with Crippen LogP contribution in [-0.4, -0.2) is 84.7 Å². The summed E-state index contributed by atoms with van der Waals surface area (Å²) in [5, 5.41) is 16.5. The molecule has 3 aliphatic rings. The molecule has 3 aliphatic heterocycles. The first kappa shape index (κ1) is 35.9. The maximum absolute atomic E-state index is 16.5. The van der Waals surface area contributed by atoms with Crippen LogP contribution in [0.3, 0.4) is 0 Å². The highest BCUT2D eigenvalue weighted by atomic mass is 35.5. The summed E-state index contributed by atoms with van der Waals surface area (Å²) in [5.41, 5.74) is -0.768. The van der Waals surface area contributed by atoms with Gasteiger partial charge in [0.25, 0.3) is 0 Å². The smallest absolute Gasteiger partial charge is 0.412 e. The number of methoxy groups -OCH3 is 1. The summed E-state index contributed by atoms with van der Waals surface area (Å²) in [5.74, 6) is -0.935. The van der Waals surface area contributed by atoms with Gasteiger partial charge >= 0.3 is 12.1 Å². The minimum absolute atomic E-state index is 0.0215. The number of rotatable bonds is 4. The molecule has 266 valence electrons. The Hall–Kier alpha value is -3.90. The van der Waals surface area contributed by atoms with E-state index in [0.29, 0.717) is 36.9 Å². The number of nitrogens with zero attached hydrogens (tertiary/aromatic N) is 5. The number of halogens is 4. The van der Waals surface area contributed by atoms with E-state index in [9.17, 15) is 14.4 Å². The zero-order valence-electron chi connectivity index (χ0n) is 28.5. The van der Waals surface area contributed by atoms with Gasteiger partial charge in [-0.3, -0.25) is 10.2 Å². The first-order chi connectivity index (χ1) is 23.8. The average Bonchev–Trinajstić information content (AvgIpc) is 3.75. The SMILES string of the molecule is COc1nc(N2CCNC[C@@H]2C)c2cc(Cl)c(-c3ccc(F)c4sc(NC(=O)OC(C)(C)C)c(C#N)c34)c(F)c2n1.FC1CC2CCCN2C1. The molecule has 1 amide bonds. The number of carbonyl (C=O) groups excluding carboxylic acids is 1. The Balaban J connectivity index is 0.000000412. The zero-order valence-corrected chi connectivity index (χ0v) is 30.1. The predicted molar refractivity (Wildman–Crippen MR) is 190 cm³/mol. The van der Waals surface area contributed by atoms with Crippen molar-refractivity contribution in [3.05, 3.63) is 40.4 Å². The molecule has 5 heterocycles. The lowest BCUT2D eigenvalue weighted by Gasteiger charge is -2.35. The highest BCUT2D eigenvalue weighted by molar-refractivity contribution is 7.23. The lowest BCUT2D eigenvalue weighted by Crippen LogP contribution is -2.50. The normalized spacial score (nSPS) is 20.7. The monoisotopic (exact) mass is 729 g/mol. The number of thiophene rings is 1. The molecule has 4 aromatic rings. The van der Waals surface area contributed by atoms with Crippen LogP contribution in [0.2, 0.25) is 5.02 Å². The van der Waals surface area contributed by atoms with Gasteiger partial charge in [-0.15, -0.1) is 11.3 Å². The highest BCUT2D eigenvalue weighted by Crippen LogP contribution is 2.46. The van der Waals surface area contributed by atoms with Crippen LogP contribution >= 0.6 is 22.9 Å². The maximum Gasteiger partial charge on any atom is 0.412 e. The number of hydrogen-bond donors (Lipinski definition) is 2. The molecule has 0 radical (unpaired) electrons. The lowest BCUT2D eigenvalue weighted by atomic mass is 9.97. The van der Waals surface area contributed by atoms with Gasteiger partial charge in [-0.2, -0.15) is 15.2 Å². The molecule has 10 nitrogen and oxygen atoms in total. The third-order valence-corrected chi connectivity index (χ3v) is 10.5. The van der Waals surface area contributed by atoms with E-state index in [1.54, 1.807) is 26.8 Å². The Morgan fingerprint density at radius 1 is 1.24 bits per heavy atom. The molecule has 2 unspecified atom stereocenters. The van der Waals surface area contributed by atoms with Crippen LogP contribution in [0.1, 0.15) is 52.5 Å². The fraction of sp³-hybridized carbons (Fsp3) is 0.486. The Bertz CT molecular complexity index is 1970. The number of piperazine rings is 1. The number of nitrogens with one attached hydrogen (secondary N) is 2. The van der Waals surface area contributed by atoms with Gasteiger partial charge in [0.05, 0.1) is 22.4 Å². The largest absolute Gasteiger partial charge is 0.467 e. The van der Waals surface area contributed by atoms with Crippen LogP contribution in [-0.2, 0) is 4.74 Å². The summed E-state index contributed by atoms with van der Waals surface area (Å²) in [4.78, 5) is 25.6. The second-order valence-corrected chi connectivity index (χ2v) is 15.1. The van der Waals surface area contributed by atoms with Crippen molar-refractivity contribution in [2.45, 2.75) is 70.8 Å². The quantitative estimate of drug-likeness (QED) is 0.219. The van der Waals surface area contributed by atoms with Crippen molar-refractivity contribution in [3.8, 4) is 23.2 Å². The number of amides is 1. The molecule has 0 spiro atoms. The van der Waals surface area contributed by atoms with Gasteiger partial charge in [0.15, 0.2) is 5.82 Å². The molecule has 3 fully saturated rings. The van der Waals surface area contributed by atoms with Crippen molar-refractivity contribution in [1.29, 1.82) is 5.26 Å². The summed E-state index contributed by atoms with van der Waals surface area (Å²) in [6.45, 7) is 11.0. The standard InChI is InChI=1S/C28H27ClF2N6O3S.C7H12FN/c1-13-12-33-8-9-37(13)24-15-10-17(29)20(21(31)22(15)34-26(35-24)39-5)14-6-7-18(30)23-19(14)16(11-32)25(41-23)36-27(38)40-28(2,3)4;8-6-4-7-2-1-3-9(7)5-6/h6-7,10,13,33H,8-9,12H2,1-5H3,(H,36,38);6-7H,1-5H2/t13-;/m0./s1. The predicted octanol–water partition coefficient (Wildman–Crippen LogP) is 7.66. The Kier molecular flexibility index (Phi) is 10.3. The van der Waals surface area contributed by atoms with Crippen molar-refractivity contribution in [1.82, 2.24) is 20.2 Å². The summed E-state index contributed by atoms with van der Waals surface area (Å²) >= 11 is 7.59. The maximum atomic E-state index is 16.5. The molecule has 3 atom stereocenters. The summed E-state index contributed by atoms with van der Waals surface area (Å²) < 4.78 is 54.8. The molecule has 0 bridgehead atoms. The second-order valence-electron chi connectivity index (χ2n) is 13.7. The van der Waals surface area contributed by atoms with E-state index in [1.165, 1.54) is 32.1 Å². The van der Waals surface area contributed by atoms with E-state index in [4.69, 9.17) is 21.1 Å². The molecule has 2 N–H and O–H groups in total. The van der Waals surface area contributed by atoms with E-state index in [2.05, 4.69) is 25.5 Å². The minimum Gasteiger partial charge on any atom is -0.467 e. The zero-order chi connectivity index (χ0) is 35.9. The van der Waals surface area contributed by atoms with Gasteiger partial charge in [-0.25, -0.2) is 18.0 Å². The van der Waals surface area contributed by atoms with Crippen LogP contribution in [0.5, 0.6) is 6.01 Å². The van der Waals surface area contributed by atoms with E-state index in [1.807, 2.05) is 17.9 Å². The van der Waals surface area contributed by atoms with Crippen molar-refractivity contribution in [2.24, 2.45) is 0 Å². The van der Waals surface area contributed by atoms with Gasteiger partial charge in [0.1, 0.15) is 40.0 Å². The third-order valence-electron chi connectivity index (χ3n) is 9.04. The Morgan fingerprint density at radius 3 is 2.70 bits per heavy atom. The average molecular weight is 730 g/mol. The van der Waals surface area contributed by atoms with E-state index in [0.717, 1.165) is 30.8 Å². The first-order valence-corrected chi connectivity index (χ1v) is 17.7. The van der Waals surface area contributed by atoms with Crippen molar-refractivity contribution in [3.63, 3.8) is 0 Å². The van der Waals surface area contributed by atoms with Crippen molar-refractivity contribution >= 4 is 60.8 Å². The van der Waals surface area contributed by atoms with Gasteiger partial charge in [-0.05, 0) is 71.2 Å². The molecule has 15 heteroatoms. The number of hydrogen-bond acceptors (Lipinski definition) is 10. The topological polar surface area (TPSA) is 116 Å². The van der Waals surface area contributed by atoms with Gasteiger partial charge in [0.2, 0.25) is 0 Å². The minimum atomic E-state index is -0.809. The Labute approximate surface area is 297 Å². The molecule has 3 saturated heterocycles. The Morgan fingerprint density at radius 2 is 2.02 bits per heavy atom. The molecule has 0 aliphatic carbocycles. The lowest BCUT2D eigenvalue weighted by molar-refractivity contribution is 0.0636. The third kappa shape index (κ3) is 7.14. The molecule has 2 aromatic carbocycles. The van der Waals surface area contributed by atoms with Crippen LogP contribution < -0.4 is 20.3 Å². The van der Waals surface area contributed by atoms with Crippen molar-refractivity contribution in [2.75, 3.05) is 50.1 Å². The fourth-order valence-electron chi connectivity index (χ4n) is 6.87.